The van der Waals surface area contributed by atoms with E-state index in [0.29, 0.717) is 29.8 Å². The number of rotatable bonds is 10. The predicted molar refractivity (Wildman–Crippen MR) is 140 cm³/mol. The van der Waals surface area contributed by atoms with E-state index in [1.54, 1.807) is 25.2 Å². The molecule has 0 bridgehead atoms. The number of aryl methyl sites for hydroxylation is 3. The van der Waals surface area contributed by atoms with Gasteiger partial charge < -0.3 is 9.47 Å². The summed E-state index contributed by atoms with van der Waals surface area (Å²) in [4.78, 5) is 13.1. The third-order valence-electron chi connectivity index (χ3n) is 5.53. The molecule has 4 aromatic rings. The highest BCUT2D eigenvalue weighted by Crippen LogP contribution is 2.31. The van der Waals surface area contributed by atoms with Crippen molar-refractivity contribution in [2.24, 2.45) is 13.0 Å². The van der Waals surface area contributed by atoms with Gasteiger partial charge in [0.2, 0.25) is 17.7 Å². The molecule has 0 spiro atoms. The van der Waals surface area contributed by atoms with Crippen LogP contribution < -0.4 is 14.2 Å². The molecular weight excluding hydrogens is 492 g/mol. The molecule has 0 amide bonds. The highest BCUT2D eigenvalue weighted by Gasteiger charge is 2.20. The van der Waals surface area contributed by atoms with Crippen molar-refractivity contribution in [2.45, 2.75) is 39.0 Å². The fourth-order valence-corrected chi connectivity index (χ4v) is 4.55. The summed E-state index contributed by atoms with van der Waals surface area (Å²) in [7, 11) is -2.33. The maximum absolute atomic E-state index is 12.9. The number of hydrogen-bond acceptors (Lipinski definition) is 8. The SMILES string of the molecule is Cc1cccc(C)c1-c1cc(Oc2ccc(OCCC(C)C)nc2)nc(NS(=O)(=O)c2cnn(C)c2)n1. The predicted octanol–water partition coefficient (Wildman–Crippen LogP) is 4.91. The number of nitrogens with zero attached hydrogens (tertiary/aromatic N) is 5. The molecule has 4 rings (SSSR count). The average Bonchev–Trinajstić information content (AvgIpc) is 3.27. The molecular formula is C26H30N6O4S. The first-order chi connectivity index (χ1) is 17.6. The number of pyridine rings is 1. The Morgan fingerprint density at radius 3 is 2.41 bits per heavy atom. The van der Waals surface area contributed by atoms with E-state index in [1.807, 2.05) is 32.0 Å². The lowest BCUT2D eigenvalue weighted by molar-refractivity contribution is 0.278. The fourth-order valence-electron chi connectivity index (χ4n) is 3.62. The van der Waals surface area contributed by atoms with Crippen LogP contribution in [0.4, 0.5) is 5.95 Å². The maximum Gasteiger partial charge on any atom is 0.267 e. The molecule has 3 heterocycles. The largest absolute Gasteiger partial charge is 0.478 e. The molecule has 0 aliphatic carbocycles. The Labute approximate surface area is 216 Å². The van der Waals surface area contributed by atoms with Gasteiger partial charge in [0.25, 0.3) is 10.0 Å². The molecule has 1 N–H and O–H groups in total. The van der Waals surface area contributed by atoms with Gasteiger partial charge >= 0.3 is 0 Å². The van der Waals surface area contributed by atoms with Gasteiger partial charge in [-0.2, -0.15) is 10.1 Å². The van der Waals surface area contributed by atoms with Crippen LogP contribution in [0.15, 0.2) is 59.9 Å². The molecule has 11 heteroatoms. The standard InChI is InChI=1S/C26H30N6O4S/c1-17(2)11-12-35-23-10-9-20(14-27-23)36-24-13-22(25-18(3)7-6-8-19(25)4)29-26(30-24)31-37(33,34)21-15-28-32(5)16-21/h6-10,13-17H,11-12H2,1-5H3,(H,29,30,31). The lowest BCUT2D eigenvalue weighted by Gasteiger charge is -2.13. The summed E-state index contributed by atoms with van der Waals surface area (Å²) in [6.45, 7) is 8.77. The van der Waals surface area contributed by atoms with Crippen molar-refractivity contribution in [2.75, 3.05) is 11.3 Å². The number of anilines is 1. The topological polar surface area (TPSA) is 121 Å². The lowest BCUT2D eigenvalue weighted by Crippen LogP contribution is -2.15. The summed E-state index contributed by atoms with van der Waals surface area (Å²) in [5.74, 6) is 1.49. The van der Waals surface area contributed by atoms with Gasteiger partial charge in [-0.1, -0.05) is 32.0 Å². The van der Waals surface area contributed by atoms with E-state index >= 15 is 0 Å². The Kier molecular flexibility index (Phi) is 7.72. The normalized spacial score (nSPS) is 11.5. The lowest BCUT2D eigenvalue weighted by atomic mass is 10.00. The zero-order chi connectivity index (χ0) is 26.6. The molecule has 3 aromatic heterocycles. The first-order valence-corrected chi connectivity index (χ1v) is 13.3. The van der Waals surface area contributed by atoms with Crippen molar-refractivity contribution < 1.29 is 17.9 Å². The second kappa shape index (κ2) is 11.0. The Morgan fingerprint density at radius 1 is 1.03 bits per heavy atom. The Bertz CT molecular complexity index is 1460. The van der Waals surface area contributed by atoms with Gasteiger partial charge in [0, 0.05) is 30.9 Å². The summed E-state index contributed by atoms with van der Waals surface area (Å²) >= 11 is 0. The molecule has 0 aliphatic rings. The van der Waals surface area contributed by atoms with Gasteiger partial charge in [-0.15, -0.1) is 0 Å². The Balaban J connectivity index is 1.65. The van der Waals surface area contributed by atoms with Crippen LogP contribution in [-0.2, 0) is 17.1 Å². The van der Waals surface area contributed by atoms with E-state index in [4.69, 9.17) is 9.47 Å². The van der Waals surface area contributed by atoms with E-state index in [1.165, 1.54) is 23.3 Å². The van der Waals surface area contributed by atoms with Crippen LogP contribution in [0, 0.1) is 19.8 Å². The molecule has 0 saturated heterocycles. The fraction of sp³-hybridized carbons (Fsp3) is 0.308. The van der Waals surface area contributed by atoms with E-state index in [-0.39, 0.29) is 16.7 Å². The second-order valence-corrected chi connectivity index (χ2v) is 10.8. The number of sulfonamides is 1. The van der Waals surface area contributed by atoms with E-state index < -0.39 is 10.0 Å². The summed E-state index contributed by atoms with van der Waals surface area (Å²) in [6, 6.07) is 11.0. The number of aromatic nitrogens is 5. The van der Waals surface area contributed by atoms with Gasteiger partial charge in [-0.05, 0) is 43.4 Å². The summed E-state index contributed by atoms with van der Waals surface area (Å²) in [5, 5.41) is 3.94. The number of ether oxygens (including phenoxy) is 2. The first-order valence-electron chi connectivity index (χ1n) is 11.8. The van der Waals surface area contributed by atoms with Gasteiger partial charge in [0.05, 0.1) is 24.7 Å². The Hall–Kier alpha value is -3.99. The van der Waals surface area contributed by atoms with Crippen LogP contribution in [0.1, 0.15) is 31.4 Å². The quantitative estimate of drug-likeness (QED) is 0.312. The van der Waals surface area contributed by atoms with Crippen LogP contribution in [0.5, 0.6) is 17.5 Å². The second-order valence-electron chi connectivity index (χ2n) is 9.10. The smallest absolute Gasteiger partial charge is 0.267 e. The number of nitrogens with one attached hydrogen (secondary N) is 1. The highest BCUT2D eigenvalue weighted by atomic mass is 32.2. The summed E-state index contributed by atoms with van der Waals surface area (Å²) < 4.78 is 41.3. The van der Waals surface area contributed by atoms with Gasteiger partial charge in [0.1, 0.15) is 10.6 Å². The van der Waals surface area contributed by atoms with Crippen molar-refractivity contribution in [1.82, 2.24) is 24.7 Å². The van der Waals surface area contributed by atoms with Crippen LogP contribution >= 0.6 is 0 Å². The maximum atomic E-state index is 12.9. The van der Waals surface area contributed by atoms with Crippen LogP contribution in [0.25, 0.3) is 11.3 Å². The average molecular weight is 523 g/mol. The van der Waals surface area contributed by atoms with Gasteiger partial charge in [0.15, 0.2) is 0 Å². The van der Waals surface area contributed by atoms with Crippen molar-refractivity contribution in [1.29, 1.82) is 0 Å². The molecule has 37 heavy (non-hydrogen) atoms. The monoisotopic (exact) mass is 522 g/mol. The molecule has 0 radical (unpaired) electrons. The van der Waals surface area contributed by atoms with Crippen LogP contribution in [0.3, 0.4) is 0 Å². The van der Waals surface area contributed by atoms with Crippen LogP contribution in [-0.4, -0.2) is 39.8 Å². The molecule has 0 unspecified atom stereocenters. The van der Waals surface area contributed by atoms with Crippen LogP contribution in [0.2, 0.25) is 0 Å². The third-order valence-corrected chi connectivity index (χ3v) is 6.82. The molecule has 194 valence electrons. The minimum atomic E-state index is -3.96. The molecule has 0 aliphatic heterocycles. The van der Waals surface area contributed by atoms with Gasteiger partial charge in [-0.3, -0.25) is 4.68 Å². The highest BCUT2D eigenvalue weighted by molar-refractivity contribution is 7.92. The van der Waals surface area contributed by atoms with Crippen molar-refractivity contribution in [3.05, 3.63) is 66.1 Å². The minimum Gasteiger partial charge on any atom is -0.478 e. The minimum absolute atomic E-state index is 0.00389. The Morgan fingerprint density at radius 2 is 1.78 bits per heavy atom. The summed E-state index contributed by atoms with van der Waals surface area (Å²) in [6.07, 6.45) is 5.11. The number of benzene rings is 1. The molecule has 0 fully saturated rings. The zero-order valence-electron chi connectivity index (χ0n) is 21.5. The van der Waals surface area contributed by atoms with Crippen molar-refractivity contribution in [3.63, 3.8) is 0 Å². The van der Waals surface area contributed by atoms with E-state index in [0.717, 1.165) is 23.1 Å². The first kappa shape index (κ1) is 26.1. The molecule has 0 atom stereocenters. The van der Waals surface area contributed by atoms with E-state index in [2.05, 4.69) is 38.6 Å². The van der Waals surface area contributed by atoms with Crippen molar-refractivity contribution >= 4 is 16.0 Å². The van der Waals surface area contributed by atoms with Gasteiger partial charge in [-0.25, -0.2) is 23.1 Å². The number of hydrogen-bond donors (Lipinski definition) is 1. The summed E-state index contributed by atoms with van der Waals surface area (Å²) in [5.41, 5.74) is 3.35. The van der Waals surface area contributed by atoms with E-state index in [9.17, 15) is 8.42 Å². The molecule has 0 saturated carbocycles. The molecule has 1 aromatic carbocycles. The molecule has 10 nitrogen and oxygen atoms in total. The van der Waals surface area contributed by atoms with Crippen molar-refractivity contribution in [3.8, 4) is 28.8 Å². The third kappa shape index (κ3) is 6.62. The zero-order valence-corrected chi connectivity index (χ0v) is 22.3.